The summed E-state index contributed by atoms with van der Waals surface area (Å²) in [4.78, 5) is 29.2. The van der Waals surface area contributed by atoms with Crippen LogP contribution in [0.4, 0.5) is 4.79 Å². The number of aromatic nitrogens is 1. The Morgan fingerprint density at radius 1 is 1.00 bits per heavy atom. The number of halogens is 1. The first-order valence-corrected chi connectivity index (χ1v) is 12.2. The fourth-order valence-electron chi connectivity index (χ4n) is 4.32. The molecule has 1 aromatic heterocycles. The molecular formula is C25H28BrN3O5. The maximum absolute atomic E-state index is 13.2. The van der Waals surface area contributed by atoms with Crippen LogP contribution in [-0.4, -0.2) is 70.9 Å². The highest BCUT2D eigenvalue weighted by Crippen LogP contribution is 2.37. The lowest BCUT2D eigenvalue weighted by molar-refractivity contribution is 0.0524. The number of nitrogens with zero attached hydrogens (tertiary/aromatic N) is 3. The second-order valence-corrected chi connectivity index (χ2v) is 8.85. The van der Waals surface area contributed by atoms with Gasteiger partial charge in [-0.15, -0.1) is 0 Å². The third-order valence-corrected chi connectivity index (χ3v) is 6.53. The Balaban J connectivity index is 1.79. The summed E-state index contributed by atoms with van der Waals surface area (Å²) in [7, 11) is 0. The number of fused-ring (bicyclic) bond motifs is 1. The molecule has 0 spiro atoms. The summed E-state index contributed by atoms with van der Waals surface area (Å²) in [6.45, 7) is 7.03. The van der Waals surface area contributed by atoms with Gasteiger partial charge in [0.1, 0.15) is 5.75 Å². The van der Waals surface area contributed by atoms with Crippen LogP contribution in [0.3, 0.4) is 0 Å². The smallest absolute Gasteiger partial charge is 0.409 e. The van der Waals surface area contributed by atoms with E-state index in [-0.39, 0.29) is 18.4 Å². The van der Waals surface area contributed by atoms with Crippen molar-refractivity contribution >= 4 is 38.9 Å². The van der Waals surface area contributed by atoms with Gasteiger partial charge in [-0.05, 0) is 54.0 Å². The second kappa shape index (κ2) is 10.5. The number of esters is 1. The van der Waals surface area contributed by atoms with Gasteiger partial charge in [-0.25, -0.2) is 9.59 Å². The number of piperazine rings is 1. The highest BCUT2D eigenvalue weighted by atomic mass is 79.9. The summed E-state index contributed by atoms with van der Waals surface area (Å²) in [6, 6.07) is 13.2. The number of rotatable bonds is 6. The van der Waals surface area contributed by atoms with Crippen LogP contribution >= 0.6 is 15.9 Å². The van der Waals surface area contributed by atoms with Crippen LogP contribution < -0.4 is 0 Å². The molecule has 0 atom stereocenters. The SMILES string of the molecule is CCOC(=O)c1c(CN2CCN(C(=O)OCC)CC2)n(-c2ccccc2)c2cc(Br)c(O)cc12. The molecular weight excluding hydrogens is 502 g/mol. The van der Waals surface area contributed by atoms with Crippen LogP contribution in [0.1, 0.15) is 29.9 Å². The van der Waals surface area contributed by atoms with E-state index in [0.717, 1.165) is 16.9 Å². The van der Waals surface area contributed by atoms with E-state index in [0.29, 0.717) is 54.8 Å². The molecule has 3 aromatic rings. The molecule has 180 valence electrons. The number of aromatic hydroxyl groups is 1. The van der Waals surface area contributed by atoms with Gasteiger partial charge in [-0.2, -0.15) is 0 Å². The molecule has 1 amide bonds. The van der Waals surface area contributed by atoms with Gasteiger partial charge in [-0.3, -0.25) is 4.90 Å². The number of carbonyl (C=O) groups is 2. The van der Waals surface area contributed by atoms with Gasteiger partial charge in [0.15, 0.2) is 0 Å². The lowest BCUT2D eigenvalue weighted by Crippen LogP contribution is -2.48. The summed E-state index contributed by atoms with van der Waals surface area (Å²) in [5.74, 6) is -0.373. The number of hydrogen-bond donors (Lipinski definition) is 1. The van der Waals surface area contributed by atoms with Gasteiger partial charge in [0, 0.05) is 43.8 Å². The van der Waals surface area contributed by atoms with Crippen LogP contribution in [0.15, 0.2) is 46.9 Å². The Morgan fingerprint density at radius 3 is 2.32 bits per heavy atom. The molecule has 2 aromatic carbocycles. The summed E-state index contributed by atoms with van der Waals surface area (Å²) in [6.07, 6.45) is -0.298. The number of phenols is 1. The van der Waals surface area contributed by atoms with Crippen LogP contribution in [0.2, 0.25) is 0 Å². The summed E-state index contributed by atoms with van der Waals surface area (Å²) >= 11 is 3.42. The van der Waals surface area contributed by atoms with Crippen molar-refractivity contribution in [3.8, 4) is 11.4 Å². The van der Waals surface area contributed by atoms with Gasteiger partial charge in [0.2, 0.25) is 0 Å². The van der Waals surface area contributed by atoms with E-state index in [2.05, 4.69) is 20.8 Å². The molecule has 34 heavy (non-hydrogen) atoms. The van der Waals surface area contributed by atoms with Crippen LogP contribution in [0, 0.1) is 0 Å². The zero-order valence-electron chi connectivity index (χ0n) is 19.3. The molecule has 0 saturated carbocycles. The second-order valence-electron chi connectivity index (χ2n) is 8.00. The summed E-state index contributed by atoms with van der Waals surface area (Å²) in [5, 5.41) is 11.0. The van der Waals surface area contributed by atoms with Crippen LogP contribution in [0.5, 0.6) is 5.75 Å². The standard InChI is InChI=1S/C25H28BrN3O5/c1-3-33-24(31)23-18-14-22(30)19(26)15-20(18)29(17-8-6-5-7-9-17)21(23)16-27-10-12-28(13-11-27)25(32)34-4-2/h5-9,14-15,30H,3-4,10-13,16H2,1-2H3. The third kappa shape index (κ3) is 4.76. The number of phenolic OH excluding ortho intramolecular Hbond substituents is 1. The number of para-hydroxylation sites is 1. The number of hydrogen-bond acceptors (Lipinski definition) is 6. The van der Waals surface area contributed by atoms with Gasteiger partial charge in [0.25, 0.3) is 0 Å². The quantitative estimate of drug-likeness (QED) is 0.471. The van der Waals surface area contributed by atoms with E-state index in [9.17, 15) is 14.7 Å². The number of ether oxygens (including phenoxy) is 2. The Labute approximate surface area is 206 Å². The summed E-state index contributed by atoms with van der Waals surface area (Å²) in [5.41, 5.74) is 2.91. The first kappa shape index (κ1) is 24.1. The average Bonchev–Trinajstić information content (AvgIpc) is 3.13. The maximum Gasteiger partial charge on any atom is 0.409 e. The average molecular weight is 530 g/mol. The van der Waals surface area contributed by atoms with E-state index in [1.165, 1.54) is 0 Å². The minimum Gasteiger partial charge on any atom is -0.507 e. The van der Waals surface area contributed by atoms with Gasteiger partial charge in [0.05, 0.1) is 34.5 Å². The lowest BCUT2D eigenvalue weighted by atomic mass is 10.1. The van der Waals surface area contributed by atoms with Crippen molar-refractivity contribution in [1.82, 2.24) is 14.4 Å². The predicted molar refractivity (Wildman–Crippen MR) is 132 cm³/mol. The number of benzene rings is 2. The summed E-state index contributed by atoms with van der Waals surface area (Å²) < 4.78 is 13.1. The van der Waals surface area contributed by atoms with Gasteiger partial charge in [-0.1, -0.05) is 18.2 Å². The fourth-order valence-corrected chi connectivity index (χ4v) is 4.65. The van der Waals surface area contributed by atoms with Crippen molar-refractivity contribution in [3.63, 3.8) is 0 Å². The molecule has 4 rings (SSSR count). The van der Waals surface area contributed by atoms with Crippen molar-refractivity contribution in [2.75, 3.05) is 39.4 Å². The molecule has 1 aliphatic rings. The number of amides is 1. The zero-order valence-corrected chi connectivity index (χ0v) is 20.9. The first-order valence-electron chi connectivity index (χ1n) is 11.4. The van der Waals surface area contributed by atoms with Crippen molar-refractivity contribution in [1.29, 1.82) is 0 Å². The third-order valence-electron chi connectivity index (χ3n) is 5.90. The van der Waals surface area contributed by atoms with Gasteiger partial charge >= 0.3 is 12.1 Å². The molecule has 0 radical (unpaired) electrons. The molecule has 1 saturated heterocycles. The maximum atomic E-state index is 13.2. The molecule has 1 fully saturated rings. The van der Waals surface area contributed by atoms with Crippen molar-refractivity contribution in [2.45, 2.75) is 20.4 Å². The largest absolute Gasteiger partial charge is 0.507 e. The van der Waals surface area contributed by atoms with E-state index in [4.69, 9.17) is 9.47 Å². The minimum absolute atomic E-state index is 0.0536. The molecule has 8 nitrogen and oxygen atoms in total. The fraction of sp³-hybridized carbons (Fsp3) is 0.360. The Kier molecular flexibility index (Phi) is 7.43. The Bertz CT molecular complexity index is 1190. The van der Waals surface area contributed by atoms with Crippen molar-refractivity contribution in [3.05, 3.63) is 58.2 Å². The van der Waals surface area contributed by atoms with E-state index in [1.807, 2.05) is 41.0 Å². The van der Waals surface area contributed by atoms with E-state index >= 15 is 0 Å². The van der Waals surface area contributed by atoms with E-state index < -0.39 is 5.97 Å². The highest BCUT2D eigenvalue weighted by molar-refractivity contribution is 9.10. The molecule has 1 N–H and O–H groups in total. The Hall–Kier alpha value is -3.04. The highest BCUT2D eigenvalue weighted by Gasteiger charge is 2.29. The van der Waals surface area contributed by atoms with Gasteiger partial charge < -0.3 is 24.0 Å². The molecule has 2 heterocycles. The molecule has 9 heteroatoms. The van der Waals surface area contributed by atoms with Crippen molar-refractivity contribution < 1.29 is 24.2 Å². The zero-order chi connectivity index (χ0) is 24.2. The van der Waals surface area contributed by atoms with Crippen LogP contribution in [0.25, 0.3) is 16.6 Å². The Morgan fingerprint density at radius 2 is 1.68 bits per heavy atom. The molecule has 0 aliphatic carbocycles. The first-order chi connectivity index (χ1) is 16.4. The monoisotopic (exact) mass is 529 g/mol. The minimum atomic E-state index is -0.427. The molecule has 1 aliphatic heterocycles. The molecule has 0 bridgehead atoms. The predicted octanol–water partition coefficient (Wildman–Crippen LogP) is 4.55. The normalized spacial score (nSPS) is 14.4. The lowest BCUT2D eigenvalue weighted by Gasteiger charge is -2.34. The number of carbonyl (C=O) groups excluding carboxylic acids is 2. The molecule has 0 unspecified atom stereocenters. The topological polar surface area (TPSA) is 84.2 Å². The van der Waals surface area contributed by atoms with Crippen molar-refractivity contribution in [2.24, 2.45) is 0 Å². The van der Waals surface area contributed by atoms with E-state index in [1.54, 1.807) is 24.8 Å². The van der Waals surface area contributed by atoms with Crippen LogP contribution in [-0.2, 0) is 16.0 Å².